The topological polar surface area (TPSA) is 131 Å². The number of thiocarbonyl (C=S) groups is 1. The highest BCUT2D eigenvalue weighted by Crippen LogP contribution is 2.50. The third-order valence-corrected chi connectivity index (χ3v) is 7.92. The molecule has 5 N–H and O–H groups in total. The van der Waals surface area contributed by atoms with E-state index in [1.807, 2.05) is 31.2 Å². The van der Waals surface area contributed by atoms with Crippen LogP contribution in [0.25, 0.3) is 0 Å². The van der Waals surface area contributed by atoms with E-state index in [4.69, 9.17) is 12.2 Å². The van der Waals surface area contributed by atoms with Crippen molar-refractivity contribution in [1.82, 2.24) is 15.5 Å². The van der Waals surface area contributed by atoms with Crippen molar-refractivity contribution in [3.63, 3.8) is 0 Å². The summed E-state index contributed by atoms with van der Waals surface area (Å²) in [5, 5.41) is 27.9. The largest absolute Gasteiger partial charge is 0.508 e. The summed E-state index contributed by atoms with van der Waals surface area (Å²) in [6, 6.07) is 10.9. The fourth-order valence-electron chi connectivity index (χ4n) is 4.35. The molecule has 0 saturated carbocycles. The van der Waals surface area contributed by atoms with Crippen molar-refractivity contribution in [1.29, 1.82) is 0 Å². The van der Waals surface area contributed by atoms with E-state index >= 15 is 0 Å². The molecule has 2 aromatic carbocycles. The van der Waals surface area contributed by atoms with Crippen LogP contribution in [0.2, 0.25) is 0 Å². The molecule has 9 nitrogen and oxygen atoms in total. The summed E-state index contributed by atoms with van der Waals surface area (Å²) in [4.78, 5) is 39.3. The van der Waals surface area contributed by atoms with Crippen LogP contribution in [0.15, 0.2) is 48.5 Å². The number of β-lactam (4-membered cyclic amide) rings is 1. The van der Waals surface area contributed by atoms with Crippen molar-refractivity contribution >= 4 is 52.6 Å². The molecule has 0 radical (unpaired) electrons. The molecular formula is C24H26N4O5S2. The average Bonchev–Trinajstić information content (AvgIpc) is 3.06. The van der Waals surface area contributed by atoms with Crippen LogP contribution in [0.5, 0.6) is 5.75 Å². The number of thioether (sulfide) groups is 1. The second kappa shape index (κ2) is 9.38. The third kappa shape index (κ3) is 4.78. The maximum atomic E-state index is 13.4. The summed E-state index contributed by atoms with van der Waals surface area (Å²) in [5.74, 6) is -1.96. The highest BCUT2D eigenvalue weighted by molar-refractivity contribution is 8.01. The van der Waals surface area contributed by atoms with Gasteiger partial charge >= 0.3 is 5.97 Å². The fourth-order valence-corrected chi connectivity index (χ4v) is 6.20. The lowest BCUT2D eigenvalue weighted by Crippen LogP contribution is -2.71. The number of hydrogen-bond acceptors (Lipinski definition) is 6. The monoisotopic (exact) mass is 514 g/mol. The Morgan fingerprint density at radius 2 is 1.80 bits per heavy atom. The van der Waals surface area contributed by atoms with Gasteiger partial charge in [0.2, 0.25) is 11.8 Å². The van der Waals surface area contributed by atoms with Crippen LogP contribution in [0.3, 0.4) is 0 Å². The Morgan fingerprint density at radius 3 is 2.43 bits per heavy atom. The second-order valence-corrected chi connectivity index (χ2v) is 11.2. The molecule has 0 aliphatic carbocycles. The van der Waals surface area contributed by atoms with Gasteiger partial charge in [-0.3, -0.25) is 9.59 Å². The van der Waals surface area contributed by atoms with Gasteiger partial charge in [0.05, 0.1) is 0 Å². The van der Waals surface area contributed by atoms with Crippen LogP contribution in [0.4, 0.5) is 5.69 Å². The first-order valence-corrected chi connectivity index (χ1v) is 12.2. The van der Waals surface area contributed by atoms with Gasteiger partial charge in [-0.05, 0) is 62.3 Å². The molecule has 11 heteroatoms. The van der Waals surface area contributed by atoms with Crippen molar-refractivity contribution in [2.24, 2.45) is 0 Å². The van der Waals surface area contributed by atoms with E-state index in [0.717, 1.165) is 11.3 Å². The van der Waals surface area contributed by atoms with Crippen LogP contribution in [-0.4, -0.2) is 60.2 Å². The second-order valence-electron chi connectivity index (χ2n) is 9.02. The Kier molecular flexibility index (Phi) is 6.65. The van der Waals surface area contributed by atoms with Crippen LogP contribution in [-0.2, 0) is 14.4 Å². The van der Waals surface area contributed by atoms with Crippen LogP contribution >= 0.6 is 24.0 Å². The fraction of sp³-hybridized carbons (Fsp3) is 0.333. The number of carboxylic acid groups (broad SMARTS) is 1. The van der Waals surface area contributed by atoms with E-state index in [0.29, 0.717) is 5.56 Å². The number of rotatable bonds is 6. The molecule has 35 heavy (non-hydrogen) atoms. The molecule has 2 fully saturated rings. The van der Waals surface area contributed by atoms with Crippen molar-refractivity contribution in [3.05, 3.63) is 59.7 Å². The van der Waals surface area contributed by atoms with Crippen LogP contribution in [0.1, 0.15) is 31.0 Å². The van der Waals surface area contributed by atoms with Gasteiger partial charge in [-0.2, -0.15) is 0 Å². The third-order valence-electron chi connectivity index (χ3n) is 6.13. The zero-order valence-corrected chi connectivity index (χ0v) is 20.9. The van der Waals surface area contributed by atoms with Gasteiger partial charge in [-0.15, -0.1) is 11.8 Å². The number of amides is 2. The molecule has 3 unspecified atom stereocenters. The predicted octanol–water partition coefficient (Wildman–Crippen LogP) is 2.36. The zero-order valence-electron chi connectivity index (χ0n) is 19.3. The van der Waals surface area contributed by atoms with E-state index in [9.17, 15) is 24.6 Å². The number of benzene rings is 2. The maximum Gasteiger partial charge on any atom is 0.327 e. The summed E-state index contributed by atoms with van der Waals surface area (Å²) in [6.45, 7) is 5.48. The number of aliphatic carboxylic acids is 1. The minimum Gasteiger partial charge on any atom is -0.508 e. The van der Waals surface area contributed by atoms with Crippen molar-refractivity contribution in [2.75, 3.05) is 5.32 Å². The number of carbonyl (C=O) groups is 3. The average molecular weight is 515 g/mol. The lowest BCUT2D eigenvalue weighted by molar-refractivity contribution is -0.161. The highest BCUT2D eigenvalue weighted by Gasteiger charge is 2.64. The van der Waals surface area contributed by atoms with E-state index in [2.05, 4.69) is 16.0 Å². The van der Waals surface area contributed by atoms with Crippen molar-refractivity contribution in [2.45, 2.75) is 49.0 Å². The first-order valence-electron chi connectivity index (χ1n) is 10.9. The first kappa shape index (κ1) is 24.8. The van der Waals surface area contributed by atoms with E-state index in [1.165, 1.54) is 28.8 Å². The highest BCUT2D eigenvalue weighted by atomic mass is 32.2. The minimum absolute atomic E-state index is 0.0441. The van der Waals surface area contributed by atoms with Crippen LogP contribution in [0, 0.1) is 6.92 Å². The molecule has 2 saturated heterocycles. The van der Waals surface area contributed by atoms with Gasteiger partial charge in [0, 0.05) is 10.4 Å². The Hall–Kier alpha value is -3.31. The lowest BCUT2D eigenvalue weighted by Gasteiger charge is -2.44. The number of para-hydroxylation sites is 1. The Bertz CT molecular complexity index is 1190. The van der Waals surface area contributed by atoms with Gasteiger partial charge in [-0.1, -0.05) is 30.3 Å². The predicted molar refractivity (Wildman–Crippen MR) is 137 cm³/mol. The normalized spacial score (nSPS) is 23.0. The standard InChI is InChI=1S/C24H26N4O5S2/c1-12-6-4-5-7-15(12)25-23(34)27-16(13-8-10-14(29)11-9-13)19(30)26-17-20(31)28-18(22(32)33)24(2,3)35-21(17)28/h4-11,16-18,21,29H,1-3H3,(H,26,30)(H,32,33)(H2,25,27,34)/t16?,17-,18?,21?/m1/s1. The van der Waals surface area contributed by atoms with E-state index in [-0.39, 0.29) is 10.9 Å². The number of nitrogens with zero attached hydrogens (tertiary/aromatic N) is 1. The zero-order chi connectivity index (χ0) is 25.5. The molecule has 4 atom stereocenters. The summed E-state index contributed by atoms with van der Waals surface area (Å²) in [5.41, 5.74) is 2.28. The smallest absolute Gasteiger partial charge is 0.327 e. The minimum atomic E-state index is -1.07. The molecule has 0 spiro atoms. The number of fused-ring (bicyclic) bond motifs is 1. The van der Waals surface area contributed by atoms with Gasteiger partial charge in [0.25, 0.3) is 0 Å². The molecule has 0 bridgehead atoms. The number of nitrogens with one attached hydrogen (secondary N) is 3. The Labute approximate surface area is 212 Å². The number of aromatic hydroxyl groups is 1. The molecule has 0 aromatic heterocycles. The molecule has 2 aliphatic rings. The maximum absolute atomic E-state index is 13.4. The first-order chi connectivity index (χ1) is 16.5. The number of anilines is 1. The molecule has 2 aromatic rings. The number of phenolic OH excluding ortho intramolecular Hbond substituents is 1. The van der Waals surface area contributed by atoms with Gasteiger partial charge in [0.1, 0.15) is 29.2 Å². The number of carbonyl (C=O) groups excluding carboxylic acids is 2. The van der Waals surface area contributed by atoms with Gasteiger partial charge in [-0.25, -0.2) is 4.79 Å². The number of carboxylic acids is 1. The lowest BCUT2D eigenvalue weighted by atomic mass is 9.95. The van der Waals surface area contributed by atoms with Gasteiger partial charge in [0.15, 0.2) is 5.11 Å². The van der Waals surface area contributed by atoms with Crippen molar-refractivity contribution < 1.29 is 24.6 Å². The van der Waals surface area contributed by atoms with Crippen molar-refractivity contribution in [3.8, 4) is 5.75 Å². The number of phenols is 1. The van der Waals surface area contributed by atoms with E-state index in [1.54, 1.807) is 26.0 Å². The summed E-state index contributed by atoms with van der Waals surface area (Å²) < 4.78 is -0.695. The molecule has 2 heterocycles. The molecular weight excluding hydrogens is 488 g/mol. The molecule has 184 valence electrons. The Morgan fingerprint density at radius 1 is 1.14 bits per heavy atom. The molecule has 2 aliphatic heterocycles. The summed E-state index contributed by atoms with van der Waals surface area (Å²) >= 11 is 6.80. The van der Waals surface area contributed by atoms with Gasteiger partial charge < -0.3 is 31.1 Å². The summed E-state index contributed by atoms with van der Waals surface area (Å²) in [7, 11) is 0. The van der Waals surface area contributed by atoms with E-state index < -0.39 is 46.0 Å². The summed E-state index contributed by atoms with van der Waals surface area (Å²) in [6.07, 6.45) is 0. The van der Waals surface area contributed by atoms with Crippen LogP contribution < -0.4 is 16.0 Å². The number of hydrogen-bond donors (Lipinski definition) is 5. The quantitative estimate of drug-likeness (QED) is 0.291. The number of aryl methyl sites for hydroxylation is 1. The Balaban J connectivity index is 1.52. The molecule has 4 rings (SSSR count). The SMILES string of the molecule is Cc1ccccc1NC(=S)NC(C(=O)N[C@@H]1C(=O)N2C1SC(C)(C)C2C(=O)O)c1ccc(O)cc1. The molecule has 2 amide bonds.